The van der Waals surface area contributed by atoms with E-state index in [0.29, 0.717) is 61.8 Å². The summed E-state index contributed by atoms with van der Waals surface area (Å²) in [4.78, 5) is 102. The fourth-order valence-corrected chi connectivity index (χ4v) is 16.7. The molecule has 0 aliphatic heterocycles. The largest absolute Gasteiger partial charge is 1.00 e. The quantitative estimate of drug-likeness (QED) is 0.0133. The molecule has 50 heteroatoms. The van der Waals surface area contributed by atoms with Crippen molar-refractivity contribution in [1.82, 2.24) is 0 Å². The van der Waals surface area contributed by atoms with E-state index in [-0.39, 0.29) is 164 Å². The molecule has 0 amide bonds. The summed E-state index contributed by atoms with van der Waals surface area (Å²) >= 11 is 18.7. The first kappa shape index (κ1) is 116. The Hall–Kier alpha value is -1.08. The second-order valence-electron chi connectivity index (χ2n) is 20.8. The van der Waals surface area contributed by atoms with Gasteiger partial charge in [0, 0.05) is 87.8 Å². The Morgan fingerprint density at radius 1 is 0.354 bits per heavy atom. The van der Waals surface area contributed by atoms with Gasteiger partial charge >= 0.3 is 59.1 Å². The predicted molar refractivity (Wildman–Crippen MR) is 359 cm³/mol. The van der Waals surface area contributed by atoms with Gasteiger partial charge in [-0.25, -0.2) is 8.42 Å². The first-order valence-corrected chi connectivity index (χ1v) is 38.9. The number of hydrogen-bond donors (Lipinski definition) is 3. The van der Waals surface area contributed by atoms with Crippen molar-refractivity contribution in [3.8, 4) is 0 Å². The van der Waals surface area contributed by atoms with Crippen molar-refractivity contribution in [3.63, 3.8) is 0 Å². The van der Waals surface area contributed by atoms with Crippen LogP contribution in [0.15, 0.2) is 0 Å². The van der Waals surface area contributed by atoms with E-state index >= 15 is 0 Å². The van der Waals surface area contributed by atoms with Gasteiger partial charge in [0.05, 0.1) is 31.3 Å². The Morgan fingerprint density at radius 3 is 0.667 bits per heavy atom. The summed E-state index contributed by atoms with van der Waals surface area (Å²) in [6, 6.07) is 0. The Labute approximate surface area is 646 Å². The zero-order chi connectivity index (χ0) is 73.1. The van der Waals surface area contributed by atoms with Crippen LogP contribution < -0.4 is 69.6 Å². The van der Waals surface area contributed by atoms with Crippen molar-refractivity contribution in [3.05, 3.63) is 70.8 Å². The summed E-state index contributed by atoms with van der Waals surface area (Å²) in [6.07, 6.45) is 7.05. The molecule has 0 saturated carbocycles. The zero-order valence-corrected chi connectivity index (χ0v) is 70.0. The van der Waals surface area contributed by atoms with E-state index < -0.39 is 74.8 Å². The van der Waals surface area contributed by atoms with Crippen LogP contribution in [0.2, 0.25) is 0 Å². The number of aliphatic hydroxyl groups excluding tert-OH is 3. The Kier molecular flexibility index (Phi) is 76.9. The molecule has 0 aromatic rings. The van der Waals surface area contributed by atoms with Crippen LogP contribution in [0.1, 0.15) is 147 Å². The minimum atomic E-state index is -3.37. The van der Waals surface area contributed by atoms with Crippen molar-refractivity contribution in [2.75, 3.05) is 105 Å². The average Bonchev–Trinajstić information content (AvgIpc) is 0.908. The molecule has 566 valence electrons. The smallest absolute Gasteiger partial charge is 0.709 e. The van der Waals surface area contributed by atoms with E-state index in [1.54, 1.807) is 34.6 Å². The molecule has 0 heterocycles. The van der Waals surface area contributed by atoms with E-state index in [2.05, 4.69) is 113 Å². The van der Waals surface area contributed by atoms with Gasteiger partial charge in [-0.1, -0.05) is 146 Å². The molecular formula is C46H96Br3N7Na2O32S6. The Bertz CT molecular complexity index is 2130. The van der Waals surface area contributed by atoms with Crippen LogP contribution in [0, 0.1) is 109 Å². The summed E-state index contributed by atoms with van der Waals surface area (Å²) in [6.45, 7) is 19.2. The molecule has 0 aromatic carbocycles. The fraction of sp³-hybridized carbons (Fsp3) is 1.00. The maximum absolute atomic E-state index is 11.4. The van der Waals surface area contributed by atoms with Gasteiger partial charge < -0.3 is 79.3 Å². The van der Waals surface area contributed by atoms with Crippen molar-refractivity contribution in [2.45, 2.75) is 147 Å². The molecule has 0 saturated heterocycles. The molecule has 0 fully saturated rings. The first-order valence-electron chi connectivity index (χ1n) is 27.9. The summed E-state index contributed by atoms with van der Waals surface area (Å²) in [5.74, 6) is 0.430. The van der Waals surface area contributed by atoms with Gasteiger partial charge in [0.1, 0.15) is 63.8 Å². The first-order chi connectivity index (χ1) is 42.7. The standard InChI is InChI=1S/C13H25N3O9S2.2C7H14BrNO3.2C7H15NO6S2.C5H11BrO3.2Na.2H2O/c1-4-12(5-2,7-23-14(17)18)10-26-27-11-13(6-3,8-24-15(19)20)9-25-16(21)22;2*1-3-7(4-2,5-8)6-12-9(10)11;2*1-3-7(4-2,5-13-8(9)10)6-16(12,15)14-11;6-1-5(2-7,3-8)4-9;;;;/h4-11H2,1-3H3;2*3-6H2,1-2H3;2*11H,3-6H2,1-2H3;7-9H,1-4H2;;;2*1H2/q;;;;;;2*+1;;/p-2. The van der Waals surface area contributed by atoms with Gasteiger partial charge in [-0.2, -0.15) is 0 Å². The monoisotopic (exact) mass is 1730 g/mol. The van der Waals surface area contributed by atoms with E-state index in [9.17, 15) is 89.7 Å². The van der Waals surface area contributed by atoms with Crippen LogP contribution in [0.25, 0.3) is 0 Å². The number of alkyl halides is 3. The van der Waals surface area contributed by atoms with Crippen LogP contribution in [-0.2, 0) is 82.5 Å². The number of aliphatic hydroxyl groups is 3. The predicted octanol–water partition coefficient (Wildman–Crippen LogP) is -0.401. The number of halogens is 3. The third-order valence-electron chi connectivity index (χ3n) is 15.4. The van der Waals surface area contributed by atoms with Crippen LogP contribution in [0.4, 0.5) is 0 Å². The average molecular weight is 1740 g/mol. The van der Waals surface area contributed by atoms with Gasteiger partial charge in [0.2, 0.25) is 0 Å². The van der Waals surface area contributed by atoms with Crippen molar-refractivity contribution in [2.24, 2.45) is 37.9 Å². The molecule has 0 spiro atoms. The molecule has 0 rings (SSSR count). The third kappa shape index (κ3) is 55.5. The van der Waals surface area contributed by atoms with Gasteiger partial charge in [-0.05, 0) is 70.6 Å². The topological polar surface area (TPSA) is 589 Å². The molecule has 39 nitrogen and oxygen atoms in total. The van der Waals surface area contributed by atoms with Crippen molar-refractivity contribution < 1.29 is 182 Å². The third-order valence-corrected chi connectivity index (χ3v) is 25.2. The molecule has 96 heavy (non-hydrogen) atoms. The molecule has 0 aliphatic rings. The van der Waals surface area contributed by atoms with E-state index in [4.69, 9.17) is 15.3 Å². The fourth-order valence-electron chi connectivity index (χ4n) is 6.63. The van der Waals surface area contributed by atoms with Crippen LogP contribution >= 0.6 is 69.4 Å². The van der Waals surface area contributed by atoms with Crippen LogP contribution in [-0.4, -0.2) is 175 Å². The summed E-state index contributed by atoms with van der Waals surface area (Å²) in [7, 11) is -3.95. The minimum absolute atomic E-state index is 0. The van der Waals surface area contributed by atoms with E-state index in [1.807, 2.05) is 41.5 Å². The second-order valence-corrected chi connectivity index (χ2v) is 31.1. The van der Waals surface area contributed by atoms with Gasteiger partial charge in [0.15, 0.2) is 0 Å². The van der Waals surface area contributed by atoms with Crippen LogP contribution in [0.3, 0.4) is 0 Å². The number of hydrogen-bond acceptors (Lipinski definition) is 34. The molecule has 0 radical (unpaired) electrons. The van der Waals surface area contributed by atoms with Gasteiger partial charge in [-0.3, -0.25) is 0 Å². The van der Waals surface area contributed by atoms with Gasteiger partial charge in [0.25, 0.3) is 35.6 Å². The summed E-state index contributed by atoms with van der Waals surface area (Å²) in [5, 5.41) is 114. The molecule has 0 bridgehead atoms. The number of rotatable bonds is 49. The Balaban J connectivity index is -0.000000119. The van der Waals surface area contributed by atoms with E-state index in [1.165, 1.54) is 21.6 Å². The SMILES string of the molecule is CCC(CC)(CBr)CO[N+](=O)[O-].CCC(CC)(CBr)CO[N+](=O)[O-].CCC(CC)(CO[N+](=O)[O-])CS(=O)(=S)O[O-].CCC(CC)(CO[N+](=O)[O-])CS(=O)(=S)O[O-].CCC(CC)(CO[N+](=O)[O-])CSSCC(CC)(CO[N+](=O)[O-])CO[N+](=O)[O-].O.O.OCC(CO)(CO)CBr.[Na+].[Na+]. The van der Waals surface area contributed by atoms with Crippen LogP contribution in [0.5, 0.6) is 0 Å². The van der Waals surface area contributed by atoms with Crippen molar-refractivity contribution in [1.29, 1.82) is 0 Å². The molecule has 0 aliphatic carbocycles. The maximum Gasteiger partial charge on any atom is 1.00 e. The minimum Gasteiger partial charge on any atom is -0.709 e. The molecule has 2 atom stereocenters. The molecular weight excluding hydrogens is 1640 g/mol. The summed E-state index contributed by atoms with van der Waals surface area (Å²) in [5.41, 5.74) is -3.75. The van der Waals surface area contributed by atoms with E-state index in [0.717, 1.165) is 36.3 Å². The molecule has 2 unspecified atom stereocenters. The zero-order valence-electron chi connectivity index (χ0n) is 56.4. The Morgan fingerprint density at radius 2 is 0.521 bits per heavy atom. The second kappa shape index (κ2) is 63.6. The normalized spacial score (nSPS) is 12.4. The summed E-state index contributed by atoms with van der Waals surface area (Å²) < 4.78 is 29.7. The molecule has 7 N–H and O–H groups in total. The van der Waals surface area contributed by atoms with Gasteiger partial charge in [-0.15, -0.1) is 70.8 Å². The maximum atomic E-state index is 11.4. The molecule has 0 aromatic heterocycles. The number of nitrogens with zero attached hydrogens (tertiary/aromatic N) is 7. The van der Waals surface area contributed by atoms with Crippen molar-refractivity contribution >= 4 is 109 Å².